The lowest BCUT2D eigenvalue weighted by Gasteiger charge is -2.54. The van der Waals surface area contributed by atoms with Crippen LogP contribution in [0, 0.1) is 22.7 Å². The van der Waals surface area contributed by atoms with Gasteiger partial charge in [-0.25, -0.2) is 0 Å². The van der Waals surface area contributed by atoms with Crippen molar-refractivity contribution < 1.29 is 0 Å². The van der Waals surface area contributed by atoms with Crippen molar-refractivity contribution in [3.63, 3.8) is 0 Å². The van der Waals surface area contributed by atoms with Gasteiger partial charge in [0, 0.05) is 5.54 Å². The van der Waals surface area contributed by atoms with E-state index in [1.807, 2.05) is 0 Å². The summed E-state index contributed by atoms with van der Waals surface area (Å²) in [5.74, 6) is 2.07. The maximum Gasteiger partial charge on any atom is 0.0136 e. The normalized spacial score (nSPS) is 66.0. The summed E-state index contributed by atoms with van der Waals surface area (Å²) in [6, 6.07) is 0. The topological polar surface area (TPSA) is 26.0 Å². The van der Waals surface area contributed by atoms with E-state index in [4.69, 9.17) is 5.73 Å². The van der Waals surface area contributed by atoms with E-state index >= 15 is 0 Å². The van der Waals surface area contributed by atoms with Crippen molar-refractivity contribution in [2.24, 2.45) is 28.4 Å². The molecule has 5 unspecified atom stereocenters. The standard InChI is InChI=1S/C13H23N/c1-11-4-9-5-12(2,10(9)6-11)8-13(3,14)7-11/h9-10H,4-8,14H2,1-3H3. The van der Waals surface area contributed by atoms with Crippen LogP contribution in [-0.2, 0) is 0 Å². The Balaban J connectivity index is 1.99. The second-order valence-corrected chi connectivity index (χ2v) is 7.45. The van der Waals surface area contributed by atoms with Gasteiger partial charge in [0.25, 0.3) is 0 Å². The molecule has 0 saturated heterocycles. The first-order valence-corrected chi connectivity index (χ1v) is 6.11. The van der Waals surface area contributed by atoms with E-state index in [1.165, 1.54) is 32.1 Å². The zero-order valence-corrected chi connectivity index (χ0v) is 9.77. The van der Waals surface area contributed by atoms with Gasteiger partial charge in [-0.15, -0.1) is 0 Å². The molecule has 3 fully saturated rings. The summed E-state index contributed by atoms with van der Waals surface area (Å²) in [7, 11) is 0. The van der Waals surface area contributed by atoms with Crippen LogP contribution in [0.4, 0.5) is 0 Å². The molecule has 5 atom stereocenters. The molecule has 1 heteroatoms. The van der Waals surface area contributed by atoms with Crippen molar-refractivity contribution in [2.75, 3.05) is 0 Å². The van der Waals surface area contributed by atoms with Crippen molar-refractivity contribution in [1.29, 1.82) is 0 Å². The second kappa shape index (κ2) is 2.21. The van der Waals surface area contributed by atoms with Gasteiger partial charge in [-0.3, -0.25) is 0 Å². The number of fused-ring (bicyclic) bond motifs is 1. The first-order chi connectivity index (χ1) is 6.32. The molecule has 0 aromatic rings. The van der Waals surface area contributed by atoms with Crippen LogP contribution in [0.1, 0.15) is 52.9 Å². The van der Waals surface area contributed by atoms with E-state index in [9.17, 15) is 0 Å². The molecule has 3 saturated carbocycles. The van der Waals surface area contributed by atoms with E-state index in [0.717, 1.165) is 11.8 Å². The predicted octanol–water partition coefficient (Wildman–Crippen LogP) is 2.94. The molecule has 14 heavy (non-hydrogen) atoms. The third-order valence-corrected chi connectivity index (χ3v) is 5.30. The molecule has 0 aliphatic heterocycles. The summed E-state index contributed by atoms with van der Waals surface area (Å²) in [6.07, 6.45) is 6.89. The highest BCUT2D eigenvalue weighted by Crippen LogP contribution is 2.70. The Bertz CT molecular complexity index is 275. The van der Waals surface area contributed by atoms with Gasteiger partial charge in [-0.1, -0.05) is 13.8 Å². The van der Waals surface area contributed by atoms with Gasteiger partial charge in [-0.2, -0.15) is 0 Å². The minimum absolute atomic E-state index is 0.101. The van der Waals surface area contributed by atoms with E-state index in [0.29, 0.717) is 10.8 Å². The minimum Gasteiger partial charge on any atom is -0.325 e. The van der Waals surface area contributed by atoms with E-state index in [2.05, 4.69) is 20.8 Å². The van der Waals surface area contributed by atoms with Gasteiger partial charge in [-0.05, 0) is 61.7 Å². The summed E-state index contributed by atoms with van der Waals surface area (Å²) < 4.78 is 0. The number of hydrogen-bond acceptors (Lipinski definition) is 1. The average Bonchev–Trinajstić information content (AvgIpc) is 2.17. The van der Waals surface area contributed by atoms with Crippen molar-refractivity contribution in [1.82, 2.24) is 0 Å². The highest BCUT2D eigenvalue weighted by molar-refractivity contribution is 5.14. The van der Waals surface area contributed by atoms with Gasteiger partial charge in [0.15, 0.2) is 0 Å². The maximum absolute atomic E-state index is 6.45. The molecule has 0 spiro atoms. The molecule has 2 N–H and O–H groups in total. The molecule has 3 aliphatic carbocycles. The first kappa shape index (κ1) is 9.21. The second-order valence-electron chi connectivity index (χ2n) is 7.45. The van der Waals surface area contributed by atoms with Crippen LogP contribution in [-0.4, -0.2) is 5.54 Å². The van der Waals surface area contributed by atoms with Gasteiger partial charge in [0.2, 0.25) is 0 Å². The third-order valence-electron chi connectivity index (χ3n) is 5.30. The molecule has 80 valence electrons. The fourth-order valence-electron chi connectivity index (χ4n) is 5.48. The SMILES string of the molecule is CC1(N)CC2(C)CC3CC(C)(C1)C3C2. The minimum atomic E-state index is 0.101. The average molecular weight is 193 g/mol. The Kier molecular flexibility index (Phi) is 1.45. The van der Waals surface area contributed by atoms with Crippen molar-refractivity contribution in [3.05, 3.63) is 0 Å². The van der Waals surface area contributed by atoms with Crippen molar-refractivity contribution in [3.8, 4) is 0 Å². The molecule has 0 aromatic carbocycles. The van der Waals surface area contributed by atoms with Crippen LogP contribution >= 0.6 is 0 Å². The Labute approximate surface area is 87.4 Å². The molecule has 1 nitrogen and oxygen atoms in total. The quantitative estimate of drug-likeness (QED) is 0.629. The molecule has 3 aliphatic rings. The highest BCUT2D eigenvalue weighted by atomic mass is 14.8. The fourth-order valence-corrected chi connectivity index (χ4v) is 5.48. The first-order valence-electron chi connectivity index (χ1n) is 6.11. The number of hydrogen-bond donors (Lipinski definition) is 1. The monoisotopic (exact) mass is 193 g/mol. The molecule has 0 amide bonds. The van der Waals surface area contributed by atoms with Crippen LogP contribution in [0.15, 0.2) is 0 Å². The van der Waals surface area contributed by atoms with Crippen LogP contribution in [0.2, 0.25) is 0 Å². The van der Waals surface area contributed by atoms with Crippen LogP contribution in [0.25, 0.3) is 0 Å². The molecule has 0 aromatic heterocycles. The van der Waals surface area contributed by atoms with Gasteiger partial charge in [0.05, 0.1) is 0 Å². The summed E-state index contributed by atoms with van der Waals surface area (Å²) in [4.78, 5) is 0. The van der Waals surface area contributed by atoms with Gasteiger partial charge < -0.3 is 5.73 Å². The Morgan fingerprint density at radius 2 is 1.71 bits per heavy atom. The Morgan fingerprint density at radius 3 is 2.43 bits per heavy atom. The van der Waals surface area contributed by atoms with Crippen molar-refractivity contribution in [2.45, 2.75) is 58.4 Å². The lowest BCUT2D eigenvalue weighted by Crippen LogP contribution is -2.51. The maximum atomic E-state index is 6.45. The molecule has 2 bridgehead atoms. The Hall–Kier alpha value is -0.0400. The number of nitrogens with two attached hydrogens (primary N) is 1. The molecular formula is C13H23N. The van der Waals surface area contributed by atoms with Crippen molar-refractivity contribution >= 4 is 0 Å². The van der Waals surface area contributed by atoms with Crippen LogP contribution in [0.5, 0.6) is 0 Å². The summed E-state index contributed by atoms with van der Waals surface area (Å²) in [5, 5.41) is 0. The fraction of sp³-hybridized carbons (Fsp3) is 1.00. The Morgan fingerprint density at radius 1 is 1.00 bits per heavy atom. The van der Waals surface area contributed by atoms with E-state index in [1.54, 1.807) is 0 Å². The zero-order valence-electron chi connectivity index (χ0n) is 9.77. The lowest BCUT2D eigenvalue weighted by atomic mass is 9.52. The summed E-state index contributed by atoms with van der Waals surface area (Å²) >= 11 is 0. The zero-order chi connectivity index (χ0) is 10.2. The van der Waals surface area contributed by atoms with Crippen LogP contribution < -0.4 is 5.73 Å². The van der Waals surface area contributed by atoms with Gasteiger partial charge in [0.1, 0.15) is 0 Å². The van der Waals surface area contributed by atoms with E-state index in [-0.39, 0.29) is 5.54 Å². The summed E-state index contributed by atoms with van der Waals surface area (Å²) in [6.45, 7) is 7.23. The van der Waals surface area contributed by atoms with Crippen LogP contribution in [0.3, 0.4) is 0 Å². The molecule has 0 radical (unpaired) electrons. The highest BCUT2D eigenvalue weighted by Gasteiger charge is 2.62. The lowest BCUT2D eigenvalue weighted by molar-refractivity contribution is -0.0295. The smallest absolute Gasteiger partial charge is 0.0136 e. The molecular weight excluding hydrogens is 170 g/mol. The molecule has 3 rings (SSSR count). The largest absolute Gasteiger partial charge is 0.325 e. The third kappa shape index (κ3) is 1.05. The predicted molar refractivity (Wildman–Crippen MR) is 58.9 cm³/mol. The van der Waals surface area contributed by atoms with Gasteiger partial charge >= 0.3 is 0 Å². The number of rotatable bonds is 0. The van der Waals surface area contributed by atoms with E-state index < -0.39 is 0 Å². The summed E-state index contributed by atoms with van der Waals surface area (Å²) in [5.41, 5.74) is 7.73. The molecule has 0 heterocycles.